The van der Waals surface area contributed by atoms with Gasteiger partial charge in [0.2, 0.25) is 0 Å². The van der Waals surface area contributed by atoms with E-state index in [1.807, 2.05) is 30.3 Å². The highest BCUT2D eigenvalue weighted by molar-refractivity contribution is 6.03. The smallest absolute Gasteiger partial charge is 0.439 e. The summed E-state index contributed by atoms with van der Waals surface area (Å²) in [6.07, 6.45) is -3.20. The van der Waals surface area contributed by atoms with Gasteiger partial charge in [-0.1, -0.05) is 47.6 Å². The lowest BCUT2D eigenvalue weighted by atomic mass is 10.1. The molecular formula is C29H26N4O8. The number of nitrogens with zero attached hydrogens (tertiary/aromatic N) is 2. The number of esters is 1. The Labute approximate surface area is 233 Å². The number of aromatic nitrogens is 2. The van der Waals surface area contributed by atoms with Crippen LogP contribution in [0, 0.1) is 0 Å². The zero-order chi connectivity index (χ0) is 28.8. The van der Waals surface area contributed by atoms with Crippen molar-refractivity contribution in [2.24, 2.45) is 0 Å². The first-order valence-corrected chi connectivity index (χ1v) is 12.7. The molecule has 12 heteroatoms. The zero-order valence-corrected chi connectivity index (χ0v) is 21.7. The Kier molecular flexibility index (Phi) is 8.32. The number of benzene rings is 3. The molecule has 0 saturated carbocycles. The van der Waals surface area contributed by atoms with Crippen molar-refractivity contribution in [2.75, 3.05) is 23.4 Å². The van der Waals surface area contributed by atoms with Gasteiger partial charge in [-0.05, 0) is 47.5 Å². The van der Waals surface area contributed by atoms with Crippen molar-refractivity contribution < 1.29 is 33.5 Å². The third-order valence-corrected chi connectivity index (χ3v) is 6.36. The molecule has 2 heterocycles. The number of aliphatic hydroxyl groups is 1. The number of carbonyl (C=O) groups is 3. The number of amides is 2. The molecule has 1 aromatic heterocycles. The fraction of sp³-hybridized carbons (Fsp3) is 0.207. The number of nitrogens with one attached hydrogen (secondary N) is 2. The highest BCUT2D eigenvalue weighted by atomic mass is 16.5. The predicted molar refractivity (Wildman–Crippen MR) is 146 cm³/mol. The molecule has 41 heavy (non-hydrogen) atoms. The third-order valence-electron chi connectivity index (χ3n) is 6.36. The van der Waals surface area contributed by atoms with Crippen LogP contribution in [-0.4, -0.2) is 58.4 Å². The van der Waals surface area contributed by atoms with Gasteiger partial charge in [0.25, 0.3) is 11.8 Å². The number of rotatable bonds is 9. The van der Waals surface area contributed by atoms with E-state index in [0.29, 0.717) is 22.5 Å². The number of aromatic amines is 1. The van der Waals surface area contributed by atoms with Crippen LogP contribution in [0.4, 0.5) is 11.4 Å². The molecule has 2 atom stereocenters. The number of anilines is 2. The van der Waals surface area contributed by atoms with E-state index in [1.165, 1.54) is 4.90 Å². The second-order valence-corrected chi connectivity index (χ2v) is 9.23. The van der Waals surface area contributed by atoms with Crippen molar-refractivity contribution in [3.05, 3.63) is 101 Å². The van der Waals surface area contributed by atoms with Crippen LogP contribution in [0.5, 0.6) is 0 Å². The Balaban J connectivity index is 1.19. The van der Waals surface area contributed by atoms with E-state index >= 15 is 0 Å². The molecule has 5 rings (SSSR count). The van der Waals surface area contributed by atoms with E-state index in [0.717, 1.165) is 5.56 Å². The minimum atomic E-state index is -1.78. The van der Waals surface area contributed by atoms with Gasteiger partial charge in [0.1, 0.15) is 6.61 Å². The number of carbonyl (C=O) groups excluding carboxylic acids is 3. The lowest BCUT2D eigenvalue weighted by Crippen LogP contribution is -2.55. The largest absolute Gasteiger partial charge is 0.461 e. The van der Waals surface area contributed by atoms with Crippen LogP contribution < -0.4 is 16.0 Å². The quantitative estimate of drug-likeness (QED) is 0.261. The first-order chi connectivity index (χ1) is 19.9. The number of morpholine rings is 1. The Bertz CT molecular complexity index is 1580. The highest BCUT2D eigenvalue weighted by Crippen LogP contribution is 2.23. The first-order valence-electron chi connectivity index (χ1n) is 12.7. The molecule has 3 N–H and O–H groups in total. The zero-order valence-electron chi connectivity index (χ0n) is 21.7. The maximum absolute atomic E-state index is 13.2. The summed E-state index contributed by atoms with van der Waals surface area (Å²) in [5.74, 6) is -2.30. The summed E-state index contributed by atoms with van der Waals surface area (Å²) in [4.78, 5) is 53.4. The van der Waals surface area contributed by atoms with Gasteiger partial charge in [0.05, 0.1) is 13.0 Å². The number of aliphatic hydroxyl groups excluding tert-OH is 1. The van der Waals surface area contributed by atoms with Gasteiger partial charge < -0.3 is 24.8 Å². The molecule has 0 spiro atoms. The van der Waals surface area contributed by atoms with Gasteiger partial charge >= 0.3 is 11.7 Å². The van der Waals surface area contributed by atoms with Crippen molar-refractivity contribution in [3.8, 4) is 11.4 Å². The van der Waals surface area contributed by atoms with Crippen molar-refractivity contribution >= 4 is 29.2 Å². The first kappa shape index (κ1) is 27.5. The van der Waals surface area contributed by atoms with Crippen molar-refractivity contribution in [1.29, 1.82) is 0 Å². The van der Waals surface area contributed by atoms with E-state index in [-0.39, 0.29) is 32.0 Å². The number of hydrogen-bond acceptors (Lipinski definition) is 9. The van der Waals surface area contributed by atoms with Crippen molar-refractivity contribution in [3.63, 3.8) is 0 Å². The van der Waals surface area contributed by atoms with E-state index in [1.54, 1.807) is 48.5 Å². The molecule has 12 nitrogen and oxygen atoms in total. The van der Waals surface area contributed by atoms with E-state index < -0.39 is 35.7 Å². The summed E-state index contributed by atoms with van der Waals surface area (Å²) >= 11 is 0. The second-order valence-electron chi connectivity index (χ2n) is 9.23. The van der Waals surface area contributed by atoms with Crippen LogP contribution in [-0.2, 0) is 36.9 Å². The molecule has 0 aliphatic carbocycles. The summed E-state index contributed by atoms with van der Waals surface area (Å²) in [5, 5.41) is 16.8. The van der Waals surface area contributed by atoms with Crippen LogP contribution in [0.2, 0.25) is 0 Å². The number of H-pyrrole nitrogens is 1. The van der Waals surface area contributed by atoms with Gasteiger partial charge in [-0.15, -0.1) is 0 Å². The summed E-state index contributed by atoms with van der Waals surface area (Å²) in [7, 11) is 0. The van der Waals surface area contributed by atoms with Crippen LogP contribution in [0.1, 0.15) is 11.1 Å². The molecular weight excluding hydrogens is 532 g/mol. The average molecular weight is 559 g/mol. The SMILES string of the molecule is O=C(Cc1cccc(N2CCOC(C(O)C(=O)Nc3ccc(-c4noc(=O)[nH]4)cc3)C2=O)c1)OCc1ccccc1. The van der Waals surface area contributed by atoms with Gasteiger partial charge in [-0.2, -0.15) is 0 Å². The minimum Gasteiger partial charge on any atom is -0.461 e. The van der Waals surface area contributed by atoms with Crippen LogP contribution >= 0.6 is 0 Å². The Hall–Kier alpha value is -5.07. The third kappa shape index (κ3) is 6.75. The summed E-state index contributed by atoms with van der Waals surface area (Å²) in [6.45, 7) is 0.460. The molecule has 2 unspecified atom stereocenters. The van der Waals surface area contributed by atoms with Gasteiger partial charge in [0, 0.05) is 23.5 Å². The molecule has 210 valence electrons. The molecule has 1 saturated heterocycles. The van der Waals surface area contributed by atoms with E-state index in [9.17, 15) is 24.3 Å². The maximum atomic E-state index is 13.2. The molecule has 1 aliphatic rings. The molecule has 1 fully saturated rings. The average Bonchev–Trinajstić information content (AvgIpc) is 3.43. The molecule has 2 amide bonds. The highest BCUT2D eigenvalue weighted by Gasteiger charge is 2.39. The summed E-state index contributed by atoms with van der Waals surface area (Å²) < 4.78 is 15.3. The van der Waals surface area contributed by atoms with E-state index in [4.69, 9.17) is 9.47 Å². The van der Waals surface area contributed by atoms with Gasteiger partial charge in [0.15, 0.2) is 18.0 Å². The van der Waals surface area contributed by atoms with Crippen LogP contribution in [0.25, 0.3) is 11.4 Å². The van der Waals surface area contributed by atoms with Crippen molar-refractivity contribution in [2.45, 2.75) is 25.2 Å². The monoisotopic (exact) mass is 558 g/mol. The van der Waals surface area contributed by atoms with Crippen molar-refractivity contribution in [1.82, 2.24) is 10.1 Å². The number of hydrogen-bond donors (Lipinski definition) is 3. The molecule has 4 aromatic rings. The van der Waals surface area contributed by atoms with Gasteiger partial charge in [-0.3, -0.25) is 23.9 Å². The van der Waals surface area contributed by atoms with Crippen LogP contribution in [0.15, 0.2) is 88.2 Å². The number of ether oxygens (including phenoxy) is 2. The molecule has 1 aliphatic heterocycles. The molecule has 3 aromatic carbocycles. The standard InChI is InChI=1S/C29H26N4O8/c34-23(40-17-18-5-2-1-3-6-18)16-19-7-4-8-22(15-19)33-13-14-39-25(28(33)37)24(35)27(36)30-21-11-9-20(10-12-21)26-31-29(38)41-32-26/h1-12,15,24-25,35H,13-14,16-17H2,(H,30,36)(H,31,32,38). The fourth-order valence-corrected chi connectivity index (χ4v) is 4.30. The Morgan fingerprint density at radius 1 is 1.05 bits per heavy atom. The fourth-order valence-electron chi connectivity index (χ4n) is 4.30. The lowest BCUT2D eigenvalue weighted by Gasteiger charge is -2.34. The maximum Gasteiger partial charge on any atom is 0.439 e. The predicted octanol–water partition coefficient (Wildman–Crippen LogP) is 2.05. The normalized spacial score (nSPS) is 15.8. The topological polar surface area (TPSA) is 164 Å². The summed E-state index contributed by atoms with van der Waals surface area (Å²) in [6, 6.07) is 22.5. The van der Waals surface area contributed by atoms with Gasteiger partial charge in [-0.25, -0.2) is 4.79 Å². The molecule has 0 radical (unpaired) electrons. The second kappa shape index (κ2) is 12.4. The Morgan fingerprint density at radius 2 is 1.80 bits per heavy atom. The lowest BCUT2D eigenvalue weighted by molar-refractivity contribution is -0.150. The van der Waals surface area contributed by atoms with Crippen LogP contribution in [0.3, 0.4) is 0 Å². The minimum absolute atomic E-state index is 0.0131. The molecule has 0 bridgehead atoms. The summed E-state index contributed by atoms with van der Waals surface area (Å²) in [5.41, 5.74) is 2.92. The van der Waals surface area contributed by atoms with E-state index in [2.05, 4.69) is 20.0 Å². The Morgan fingerprint density at radius 3 is 2.54 bits per heavy atom.